The Kier molecular flexibility index (Phi) is 4.30. The summed E-state index contributed by atoms with van der Waals surface area (Å²) in [5.41, 5.74) is 1.93. The summed E-state index contributed by atoms with van der Waals surface area (Å²) in [5.74, 6) is -0.121. The number of carbonyl (C=O) groups excluding carboxylic acids is 1. The lowest BCUT2D eigenvalue weighted by molar-refractivity contribution is -0.159. The van der Waals surface area contributed by atoms with Crippen LogP contribution >= 0.6 is 12.2 Å². The van der Waals surface area contributed by atoms with E-state index in [-0.39, 0.29) is 12.0 Å². The first-order valence-electron chi connectivity index (χ1n) is 9.07. The van der Waals surface area contributed by atoms with Crippen molar-refractivity contribution in [3.63, 3.8) is 0 Å². The van der Waals surface area contributed by atoms with Crippen LogP contribution in [-0.4, -0.2) is 23.4 Å². The molecule has 0 radical (unpaired) electrons. The molecule has 2 aromatic rings. The lowest BCUT2D eigenvalue weighted by atomic mass is 9.79. The third kappa shape index (κ3) is 2.75. The van der Waals surface area contributed by atoms with Gasteiger partial charge in [-0.05, 0) is 51.2 Å². The predicted molar refractivity (Wildman–Crippen MR) is 108 cm³/mol. The maximum atomic E-state index is 13.0. The normalized spacial score (nSPS) is 25.9. The van der Waals surface area contributed by atoms with Crippen LogP contribution in [0.4, 0.5) is 5.69 Å². The summed E-state index contributed by atoms with van der Waals surface area (Å²) in [6, 6.07) is 15.5. The van der Waals surface area contributed by atoms with Gasteiger partial charge in [-0.1, -0.05) is 35.9 Å². The van der Waals surface area contributed by atoms with E-state index in [0.717, 1.165) is 22.6 Å². The number of esters is 1. The number of ether oxygens (including phenoxy) is 2. The molecule has 6 heteroatoms. The largest absolute Gasteiger partial charge is 0.466 e. The molecule has 2 aliphatic heterocycles. The molecular formula is C21H22N2O3S. The number of aryl methyl sites for hydroxylation is 1. The highest BCUT2D eigenvalue weighted by molar-refractivity contribution is 7.80. The highest BCUT2D eigenvalue weighted by atomic mass is 32.1. The van der Waals surface area contributed by atoms with Crippen LogP contribution in [0.3, 0.4) is 0 Å². The third-order valence-electron chi connectivity index (χ3n) is 5.24. The zero-order valence-electron chi connectivity index (χ0n) is 15.6. The van der Waals surface area contributed by atoms with Gasteiger partial charge in [0.05, 0.1) is 12.6 Å². The summed E-state index contributed by atoms with van der Waals surface area (Å²) in [5, 5.41) is 3.89. The molecule has 3 atom stereocenters. The topological polar surface area (TPSA) is 50.8 Å². The Labute approximate surface area is 164 Å². The fourth-order valence-corrected chi connectivity index (χ4v) is 4.42. The van der Waals surface area contributed by atoms with Crippen LogP contribution in [0.25, 0.3) is 0 Å². The summed E-state index contributed by atoms with van der Waals surface area (Å²) < 4.78 is 11.8. The van der Waals surface area contributed by atoms with E-state index in [9.17, 15) is 4.79 Å². The third-order valence-corrected chi connectivity index (χ3v) is 5.54. The minimum atomic E-state index is -0.997. The van der Waals surface area contributed by atoms with E-state index in [1.165, 1.54) is 0 Å². The van der Waals surface area contributed by atoms with E-state index in [0.29, 0.717) is 11.7 Å². The molecule has 0 unspecified atom stereocenters. The Balaban J connectivity index is 1.88. The number of carbonyl (C=O) groups is 1. The first kappa shape index (κ1) is 17.8. The highest BCUT2D eigenvalue weighted by Crippen LogP contribution is 2.49. The molecule has 2 aliphatic rings. The summed E-state index contributed by atoms with van der Waals surface area (Å²) >= 11 is 5.68. The average molecular weight is 382 g/mol. The molecule has 5 nitrogen and oxygen atoms in total. The molecule has 1 fully saturated rings. The molecule has 2 heterocycles. The van der Waals surface area contributed by atoms with Crippen LogP contribution in [0.2, 0.25) is 0 Å². The first-order chi connectivity index (χ1) is 13.0. The van der Waals surface area contributed by atoms with Crippen molar-refractivity contribution >= 4 is 29.0 Å². The number of hydrogen-bond donors (Lipinski definition) is 1. The van der Waals surface area contributed by atoms with Gasteiger partial charge in [0.15, 0.2) is 5.11 Å². The number of nitrogens with zero attached hydrogens (tertiary/aromatic N) is 1. The smallest absolute Gasteiger partial charge is 0.317 e. The Morgan fingerprint density at radius 3 is 2.67 bits per heavy atom. The van der Waals surface area contributed by atoms with Crippen molar-refractivity contribution < 1.29 is 14.3 Å². The maximum Gasteiger partial charge on any atom is 0.317 e. The predicted octanol–water partition coefficient (Wildman–Crippen LogP) is 3.72. The van der Waals surface area contributed by atoms with E-state index in [4.69, 9.17) is 21.7 Å². The first-order valence-corrected chi connectivity index (χ1v) is 9.48. The summed E-state index contributed by atoms with van der Waals surface area (Å²) in [6.45, 7) is 6.06. The number of fused-ring (bicyclic) bond motifs is 4. The second kappa shape index (κ2) is 6.53. The van der Waals surface area contributed by atoms with E-state index in [1.54, 1.807) is 0 Å². The fourth-order valence-electron chi connectivity index (χ4n) is 4.00. The van der Waals surface area contributed by atoms with Gasteiger partial charge in [-0.2, -0.15) is 0 Å². The van der Waals surface area contributed by atoms with Crippen LogP contribution < -0.4 is 15.0 Å². The van der Waals surface area contributed by atoms with Gasteiger partial charge in [-0.3, -0.25) is 9.69 Å². The second-order valence-electron chi connectivity index (χ2n) is 7.02. The van der Waals surface area contributed by atoms with Gasteiger partial charge >= 0.3 is 5.97 Å². The van der Waals surface area contributed by atoms with Crippen molar-refractivity contribution in [2.24, 2.45) is 5.92 Å². The van der Waals surface area contributed by atoms with Gasteiger partial charge < -0.3 is 14.8 Å². The standard InChI is InChI=1S/C21H22N2O3S/c1-4-25-19(24)17-18-15-7-5-6-8-16(15)26-21(17,3)23(20(27)22-18)14-11-9-13(2)10-12-14/h5-12,17-18H,4H2,1-3H3,(H,22,27)/t17-,18+,21-/m0/s1. The quantitative estimate of drug-likeness (QED) is 0.645. The minimum Gasteiger partial charge on any atom is -0.466 e. The molecule has 0 amide bonds. The molecule has 27 heavy (non-hydrogen) atoms. The van der Waals surface area contributed by atoms with Gasteiger partial charge in [0, 0.05) is 11.3 Å². The van der Waals surface area contributed by atoms with E-state index < -0.39 is 11.6 Å². The van der Waals surface area contributed by atoms with E-state index in [1.807, 2.05) is 74.2 Å². The zero-order valence-corrected chi connectivity index (χ0v) is 16.4. The van der Waals surface area contributed by atoms with Crippen molar-refractivity contribution in [1.82, 2.24) is 5.32 Å². The van der Waals surface area contributed by atoms with Gasteiger partial charge in [-0.15, -0.1) is 0 Å². The van der Waals surface area contributed by atoms with E-state index >= 15 is 0 Å². The number of hydrogen-bond acceptors (Lipinski definition) is 4. The van der Waals surface area contributed by atoms with Crippen molar-refractivity contribution in [2.45, 2.75) is 32.5 Å². The molecule has 1 N–H and O–H groups in total. The van der Waals surface area contributed by atoms with Crippen molar-refractivity contribution in [3.05, 3.63) is 59.7 Å². The Bertz CT molecular complexity index is 899. The maximum absolute atomic E-state index is 13.0. The van der Waals surface area contributed by atoms with Crippen molar-refractivity contribution in [1.29, 1.82) is 0 Å². The SMILES string of the molecule is CCOC(=O)[C@@H]1[C@@H]2NC(=S)N(c3ccc(C)cc3)[C@@]1(C)Oc1ccccc12. The average Bonchev–Trinajstić information content (AvgIpc) is 2.62. The number of rotatable bonds is 3. The summed E-state index contributed by atoms with van der Waals surface area (Å²) in [4.78, 5) is 14.8. The molecule has 0 aromatic heterocycles. The summed E-state index contributed by atoms with van der Waals surface area (Å²) in [7, 11) is 0. The molecule has 2 bridgehead atoms. The zero-order chi connectivity index (χ0) is 19.2. The molecule has 140 valence electrons. The Morgan fingerprint density at radius 1 is 1.26 bits per heavy atom. The van der Waals surface area contributed by atoms with Crippen molar-refractivity contribution in [3.8, 4) is 5.75 Å². The van der Waals surface area contributed by atoms with Gasteiger partial charge in [-0.25, -0.2) is 0 Å². The molecule has 0 spiro atoms. The van der Waals surface area contributed by atoms with Crippen LogP contribution in [0.15, 0.2) is 48.5 Å². The molecule has 2 aromatic carbocycles. The van der Waals surface area contributed by atoms with Crippen LogP contribution in [0.5, 0.6) is 5.75 Å². The van der Waals surface area contributed by atoms with E-state index in [2.05, 4.69) is 5.32 Å². The molecule has 1 saturated heterocycles. The van der Waals surface area contributed by atoms with Crippen LogP contribution in [0.1, 0.15) is 31.0 Å². The highest BCUT2D eigenvalue weighted by Gasteiger charge is 2.59. The number of nitrogens with one attached hydrogen (secondary N) is 1. The fraction of sp³-hybridized carbons (Fsp3) is 0.333. The molecule has 4 rings (SSSR count). The van der Waals surface area contributed by atoms with Crippen LogP contribution in [-0.2, 0) is 9.53 Å². The summed E-state index contributed by atoms with van der Waals surface area (Å²) in [6.07, 6.45) is 0. The lowest BCUT2D eigenvalue weighted by Gasteiger charge is -2.55. The lowest BCUT2D eigenvalue weighted by Crippen LogP contribution is -2.71. The monoisotopic (exact) mass is 382 g/mol. The number of para-hydroxylation sites is 1. The molecule has 0 saturated carbocycles. The number of benzene rings is 2. The second-order valence-corrected chi connectivity index (χ2v) is 7.41. The van der Waals surface area contributed by atoms with Gasteiger partial charge in [0.25, 0.3) is 0 Å². The number of anilines is 1. The van der Waals surface area contributed by atoms with Gasteiger partial charge in [0.2, 0.25) is 5.72 Å². The Morgan fingerprint density at radius 2 is 1.96 bits per heavy atom. The van der Waals surface area contributed by atoms with Crippen molar-refractivity contribution in [2.75, 3.05) is 11.5 Å². The molecule has 0 aliphatic carbocycles. The van der Waals surface area contributed by atoms with Gasteiger partial charge in [0.1, 0.15) is 11.7 Å². The minimum absolute atomic E-state index is 0.298. The molecular weight excluding hydrogens is 360 g/mol. The Hall–Kier alpha value is -2.60. The van der Waals surface area contributed by atoms with Crippen LogP contribution in [0, 0.1) is 12.8 Å². The number of thiocarbonyl (C=S) groups is 1.